The second-order valence-electron chi connectivity index (χ2n) is 8.00. The molecule has 5 rings (SSSR count). The number of rotatable bonds is 4. The molecule has 0 saturated heterocycles. The fraction of sp³-hybridized carbons (Fsp3) is 0.250. The quantitative estimate of drug-likeness (QED) is 0.362. The molecule has 0 radical (unpaired) electrons. The first kappa shape index (κ1) is 20.6. The maximum Gasteiger partial charge on any atom is 0.260 e. The van der Waals surface area contributed by atoms with Crippen LogP contribution in [0.4, 0.5) is 0 Å². The van der Waals surface area contributed by atoms with Crippen molar-refractivity contribution >= 4 is 44.8 Å². The minimum atomic E-state index is -0.0511. The van der Waals surface area contributed by atoms with Crippen LogP contribution in [0.2, 0.25) is 10.0 Å². The summed E-state index contributed by atoms with van der Waals surface area (Å²) in [6, 6.07) is 12.9. The van der Waals surface area contributed by atoms with Gasteiger partial charge in [-0.2, -0.15) is 0 Å². The molecule has 7 heteroatoms. The zero-order valence-electron chi connectivity index (χ0n) is 16.9. The number of ether oxygens (including phenoxy) is 1. The van der Waals surface area contributed by atoms with Gasteiger partial charge in [0.05, 0.1) is 5.39 Å². The second kappa shape index (κ2) is 8.30. The lowest BCUT2D eigenvalue weighted by Crippen LogP contribution is -2.13. The summed E-state index contributed by atoms with van der Waals surface area (Å²) in [5.74, 6) is 1.95. The van der Waals surface area contributed by atoms with Gasteiger partial charge in [0.15, 0.2) is 0 Å². The van der Waals surface area contributed by atoms with Gasteiger partial charge in [-0.15, -0.1) is 11.3 Å². The summed E-state index contributed by atoms with van der Waals surface area (Å²) in [6.45, 7) is 2.61. The lowest BCUT2D eigenvalue weighted by atomic mass is 9.89. The second-order valence-corrected chi connectivity index (χ2v) is 9.92. The van der Waals surface area contributed by atoms with Crippen molar-refractivity contribution in [1.82, 2.24) is 9.97 Å². The molecule has 1 aliphatic rings. The fourth-order valence-corrected chi connectivity index (χ4v) is 5.84. The molecule has 31 heavy (non-hydrogen) atoms. The van der Waals surface area contributed by atoms with E-state index in [4.69, 9.17) is 32.9 Å². The van der Waals surface area contributed by atoms with Gasteiger partial charge in [0.2, 0.25) is 0 Å². The van der Waals surface area contributed by atoms with Crippen LogP contribution < -0.4 is 10.3 Å². The monoisotopic (exact) mass is 470 g/mol. The predicted molar refractivity (Wildman–Crippen MR) is 128 cm³/mol. The number of aromatic amines is 1. The van der Waals surface area contributed by atoms with E-state index >= 15 is 0 Å². The number of aryl methyl sites for hydroxylation is 1. The van der Waals surface area contributed by atoms with Gasteiger partial charge in [-0.05, 0) is 67.1 Å². The first-order valence-electron chi connectivity index (χ1n) is 10.2. The van der Waals surface area contributed by atoms with Crippen molar-refractivity contribution in [2.75, 3.05) is 0 Å². The molecule has 2 heterocycles. The molecule has 0 saturated carbocycles. The van der Waals surface area contributed by atoms with Gasteiger partial charge in [-0.1, -0.05) is 36.2 Å². The third kappa shape index (κ3) is 4.10. The van der Waals surface area contributed by atoms with Gasteiger partial charge in [-0.3, -0.25) is 4.79 Å². The average Bonchev–Trinajstić information content (AvgIpc) is 3.11. The molecule has 2 aromatic carbocycles. The maximum absolute atomic E-state index is 12.8. The molecule has 0 amide bonds. The summed E-state index contributed by atoms with van der Waals surface area (Å²) in [5, 5.41) is 1.94. The molecule has 158 valence electrons. The highest BCUT2D eigenvalue weighted by molar-refractivity contribution is 7.18. The molecule has 1 unspecified atom stereocenters. The van der Waals surface area contributed by atoms with E-state index < -0.39 is 0 Å². The Hall–Kier alpha value is -2.34. The summed E-state index contributed by atoms with van der Waals surface area (Å²) in [7, 11) is 0. The van der Waals surface area contributed by atoms with Gasteiger partial charge in [0, 0.05) is 26.0 Å². The van der Waals surface area contributed by atoms with Crippen LogP contribution >= 0.6 is 34.5 Å². The number of nitrogens with zero attached hydrogens (tertiary/aromatic N) is 1. The molecule has 4 nitrogen and oxygen atoms in total. The Labute approximate surface area is 193 Å². The van der Waals surface area contributed by atoms with Crippen LogP contribution in [0.1, 0.15) is 29.3 Å². The third-order valence-electron chi connectivity index (χ3n) is 5.70. The number of H-pyrrole nitrogens is 1. The molecule has 1 aliphatic carbocycles. The zero-order chi connectivity index (χ0) is 21.5. The van der Waals surface area contributed by atoms with E-state index in [1.807, 2.05) is 30.3 Å². The number of benzene rings is 2. The number of aromatic nitrogens is 2. The van der Waals surface area contributed by atoms with Crippen LogP contribution in [0.25, 0.3) is 21.6 Å². The normalized spacial score (nSPS) is 15.8. The summed E-state index contributed by atoms with van der Waals surface area (Å²) in [6.07, 6.45) is 3.13. The number of nitrogens with one attached hydrogen (secondary N) is 1. The number of hydrogen-bond acceptors (Lipinski definition) is 4. The Morgan fingerprint density at radius 3 is 2.77 bits per heavy atom. The van der Waals surface area contributed by atoms with Crippen molar-refractivity contribution in [1.29, 1.82) is 0 Å². The van der Waals surface area contributed by atoms with Gasteiger partial charge >= 0.3 is 0 Å². The maximum atomic E-state index is 12.8. The fourth-order valence-electron chi connectivity index (χ4n) is 3.99. The van der Waals surface area contributed by atoms with Crippen molar-refractivity contribution in [3.05, 3.63) is 78.9 Å². The average molecular weight is 471 g/mol. The first-order chi connectivity index (χ1) is 15.0. The largest absolute Gasteiger partial charge is 0.489 e. The Kier molecular flexibility index (Phi) is 5.51. The van der Waals surface area contributed by atoms with Crippen LogP contribution in [0, 0.1) is 5.92 Å². The van der Waals surface area contributed by atoms with Crippen molar-refractivity contribution in [2.45, 2.75) is 32.8 Å². The van der Waals surface area contributed by atoms with E-state index in [1.165, 1.54) is 10.4 Å². The number of thiophene rings is 1. The molecule has 0 bridgehead atoms. The van der Waals surface area contributed by atoms with Crippen LogP contribution in [0.3, 0.4) is 0 Å². The highest BCUT2D eigenvalue weighted by atomic mass is 35.5. The molecule has 4 aromatic rings. The number of halogens is 2. The topological polar surface area (TPSA) is 55.0 Å². The minimum Gasteiger partial charge on any atom is -0.489 e. The Bertz CT molecular complexity index is 1330. The first-order valence-corrected chi connectivity index (χ1v) is 11.8. The molecule has 1 N–H and O–H groups in total. The van der Waals surface area contributed by atoms with Gasteiger partial charge in [0.25, 0.3) is 5.56 Å². The van der Waals surface area contributed by atoms with E-state index in [2.05, 4.69) is 11.9 Å². The number of fused-ring (bicyclic) bond motifs is 3. The molecule has 1 atom stereocenters. The van der Waals surface area contributed by atoms with Gasteiger partial charge in [-0.25, -0.2) is 4.98 Å². The van der Waals surface area contributed by atoms with Crippen LogP contribution in [-0.4, -0.2) is 9.97 Å². The lowest BCUT2D eigenvalue weighted by molar-refractivity contribution is 0.306. The van der Waals surface area contributed by atoms with Crippen LogP contribution in [-0.2, 0) is 19.4 Å². The van der Waals surface area contributed by atoms with E-state index in [1.54, 1.807) is 23.5 Å². The van der Waals surface area contributed by atoms with E-state index in [0.29, 0.717) is 34.1 Å². The molecular weight excluding hydrogens is 451 g/mol. The minimum absolute atomic E-state index is 0.0511. The van der Waals surface area contributed by atoms with E-state index in [9.17, 15) is 4.79 Å². The predicted octanol–water partition coefficient (Wildman–Crippen LogP) is 6.66. The van der Waals surface area contributed by atoms with E-state index in [-0.39, 0.29) is 5.56 Å². The number of hydrogen-bond donors (Lipinski definition) is 1. The molecule has 0 aliphatic heterocycles. The Balaban J connectivity index is 1.38. The molecule has 0 spiro atoms. The molecule has 2 aromatic heterocycles. The summed E-state index contributed by atoms with van der Waals surface area (Å²) >= 11 is 13.8. The smallest absolute Gasteiger partial charge is 0.260 e. The molecule has 0 fully saturated rings. The highest BCUT2D eigenvalue weighted by Crippen LogP contribution is 2.36. The van der Waals surface area contributed by atoms with Crippen molar-refractivity contribution in [3.63, 3.8) is 0 Å². The Morgan fingerprint density at radius 1 is 1.19 bits per heavy atom. The summed E-state index contributed by atoms with van der Waals surface area (Å²) in [5.41, 5.74) is 2.85. The SMILES string of the molecule is CC1CCc2c(sc3nc(-c4ccc(OCc5ccc(Cl)cc5Cl)cc4)[nH]c(=O)c23)C1. The Morgan fingerprint density at radius 2 is 2.00 bits per heavy atom. The standard InChI is InChI=1S/C24H20Cl2N2O2S/c1-13-2-9-18-20(10-13)31-24-21(18)23(29)27-22(28-24)14-4-7-17(8-5-14)30-12-15-3-6-16(25)11-19(15)26/h3-8,11,13H,2,9-10,12H2,1H3,(H,27,28,29). The van der Waals surface area contributed by atoms with E-state index in [0.717, 1.165) is 40.6 Å². The zero-order valence-corrected chi connectivity index (χ0v) is 19.2. The summed E-state index contributed by atoms with van der Waals surface area (Å²) < 4.78 is 5.84. The third-order valence-corrected chi connectivity index (χ3v) is 7.44. The van der Waals surface area contributed by atoms with Gasteiger partial charge in [0.1, 0.15) is 23.0 Å². The highest BCUT2D eigenvalue weighted by Gasteiger charge is 2.23. The van der Waals surface area contributed by atoms with Crippen molar-refractivity contribution < 1.29 is 4.74 Å². The van der Waals surface area contributed by atoms with Crippen LogP contribution in [0.5, 0.6) is 5.75 Å². The lowest BCUT2D eigenvalue weighted by Gasteiger charge is -2.17. The summed E-state index contributed by atoms with van der Waals surface area (Å²) in [4.78, 5) is 22.7. The van der Waals surface area contributed by atoms with Crippen molar-refractivity contribution in [3.8, 4) is 17.1 Å². The van der Waals surface area contributed by atoms with Gasteiger partial charge < -0.3 is 9.72 Å². The van der Waals surface area contributed by atoms with Crippen molar-refractivity contribution in [2.24, 2.45) is 5.92 Å². The molecular formula is C24H20Cl2N2O2S. The van der Waals surface area contributed by atoms with Crippen LogP contribution in [0.15, 0.2) is 47.3 Å².